The summed E-state index contributed by atoms with van der Waals surface area (Å²) in [5.41, 5.74) is 0.564. The number of thiazole rings is 1. The second-order valence-electron chi connectivity index (χ2n) is 3.67. The fraction of sp³-hybridized carbons (Fsp3) is 0.600. The smallest absolute Gasteiger partial charge is 0.350 e. The van der Waals surface area contributed by atoms with Crippen LogP contribution >= 0.6 is 11.3 Å². The number of sulfonamides is 1. The molecule has 0 aromatic carbocycles. The molecule has 0 spiro atoms. The standard InChI is InChI=1S/C10H17N3O4S2/c1-4-12-19(15,16)6-5-11-10-13-7(2)8(18-10)9(14)17-3/h12H,4-6H2,1-3H3,(H,11,13). The van der Waals surface area contributed by atoms with Gasteiger partial charge >= 0.3 is 5.97 Å². The third-order valence-corrected chi connectivity index (χ3v) is 4.74. The van der Waals surface area contributed by atoms with Crippen molar-refractivity contribution in [2.45, 2.75) is 13.8 Å². The Balaban J connectivity index is 2.58. The van der Waals surface area contributed by atoms with Crippen molar-refractivity contribution < 1.29 is 17.9 Å². The van der Waals surface area contributed by atoms with Gasteiger partial charge in [-0.1, -0.05) is 18.3 Å². The molecule has 9 heteroatoms. The van der Waals surface area contributed by atoms with Crippen LogP contribution in [-0.4, -0.2) is 45.3 Å². The number of hydrogen-bond acceptors (Lipinski definition) is 7. The van der Waals surface area contributed by atoms with E-state index in [2.05, 4.69) is 19.8 Å². The number of methoxy groups -OCH3 is 1. The molecular formula is C10H17N3O4S2. The molecule has 108 valence electrons. The van der Waals surface area contributed by atoms with Crippen LogP contribution in [-0.2, 0) is 14.8 Å². The van der Waals surface area contributed by atoms with Gasteiger partial charge in [-0.05, 0) is 6.92 Å². The summed E-state index contributed by atoms with van der Waals surface area (Å²) in [6, 6.07) is 0. The van der Waals surface area contributed by atoms with E-state index in [1.165, 1.54) is 7.11 Å². The van der Waals surface area contributed by atoms with Crippen LogP contribution in [0.25, 0.3) is 0 Å². The summed E-state index contributed by atoms with van der Waals surface area (Å²) >= 11 is 1.14. The molecule has 0 aliphatic heterocycles. The van der Waals surface area contributed by atoms with E-state index < -0.39 is 16.0 Å². The second-order valence-corrected chi connectivity index (χ2v) is 6.59. The number of hydrogen-bond donors (Lipinski definition) is 2. The first-order chi connectivity index (χ1) is 8.89. The largest absolute Gasteiger partial charge is 0.465 e. The van der Waals surface area contributed by atoms with Crippen molar-refractivity contribution in [2.75, 3.05) is 31.3 Å². The number of nitrogens with zero attached hydrogens (tertiary/aromatic N) is 1. The number of carbonyl (C=O) groups is 1. The summed E-state index contributed by atoms with van der Waals surface area (Å²) in [4.78, 5) is 15.9. The predicted octanol–water partition coefficient (Wildman–Crippen LogP) is 0.589. The molecule has 0 aliphatic carbocycles. The first-order valence-electron chi connectivity index (χ1n) is 5.66. The Kier molecular flexibility index (Phi) is 5.70. The molecule has 0 unspecified atom stereocenters. The van der Waals surface area contributed by atoms with E-state index in [0.29, 0.717) is 22.2 Å². The normalized spacial score (nSPS) is 11.3. The summed E-state index contributed by atoms with van der Waals surface area (Å²) < 4.78 is 29.8. The highest BCUT2D eigenvalue weighted by Gasteiger charge is 2.16. The zero-order valence-electron chi connectivity index (χ0n) is 11.0. The van der Waals surface area contributed by atoms with Crippen molar-refractivity contribution in [3.05, 3.63) is 10.6 Å². The lowest BCUT2D eigenvalue weighted by molar-refractivity contribution is 0.0605. The Morgan fingerprint density at radius 2 is 2.16 bits per heavy atom. The van der Waals surface area contributed by atoms with Gasteiger partial charge in [-0.2, -0.15) is 0 Å². The minimum Gasteiger partial charge on any atom is -0.465 e. The molecule has 0 saturated carbocycles. The van der Waals surface area contributed by atoms with Crippen molar-refractivity contribution in [1.82, 2.24) is 9.71 Å². The van der Waals surface area contributed by atoms with Gasteiger partial charge in [0, 0.05) is 13.1 Å². The maximum Gasteiger partial charge on any atom is 0.350 e. The molecule has 0 bridgehead atoms. The first-order valence-corrected chi connectivity index (χ1v) is 8.13. The van der Waals surface area contributed by atoms with E-state index in [0.717, 1.165) is 11.3 Å². The van der Waals surface area contributed by atoms with Crippen LogP contribution < -0.4 is 10.0 Å². The van der Waals surface area contributed by atoms with Crippen molar-refractivity contribution in [3.8, 4) is 0 Å². The fourth-order valence-corrected chi connectivity index (χ4v) is 3.20. The number of anilines is 1. The van der Waals surface area contributed by atoms with Gasteiger partial charge in [0.25, 0.3) is 0 Å². The molecule has 1 aromatic rings. The van der Waals surface area contributed by atoms with Gasteiger partial charge < -0.3 is 10.1 Å². The quantitative estimate of drug-likeness (QED) is 0.716. The number of aromatic nitrogens is 1. The number of ether oxygens (including phenoxy) is 1. The molecule has 1 heterocycles. The number of carbonyl (C=O) groups excluding carboxylic acids is 1. The van der Waals surface area contributed by atoms with E-state index in [1.54, 1.807) is 13.8 Å². The van der Waals surface area contributed by atoms with Gasteiger partial charge in [-0.3, -0.25) is 0 Å². The van der Waals surface area contributed by atoms with Gasteiger partial charge in [0.2, 0.25) is 10.0 Å². The number of nitrogens with one attached hydrogen (secondary N) is 2. The lowest BCUT2D eigenvalue weighted by atomic mass is 10.4. The van der Waals surface area contributed by atoms with Gasteiger partial charge in [0.1, 0.15) is 4.88 Å². The lowest BCUT2D eigenvalue weighted by Crippen LogP contribution is -2.29. The molecule has 19 heavy (non-hydrogen) atoms. The molecule has 0 saturated heterocycles. The van der Waals surface area contributed by atoms with Crippen LogP contribution in [0.1, 0.15) is 22.3 Å². The highest BCUT2D eigenvalue weighted by atomic mass is 32.2. The third-order valence-electron chi connectivity index (χ3n) is 2.18. The molecule has 0 amide bonds. The van der Waals surface area contributed by atoms with Crippen LogP contribution in [0.5, 0.6) is 0 Å². The maximum atomic E-state index is 11.4. The Bertz CT molecular complexity index is 539. The van der Waals surface area contributed by atoms with Gasteiger partial charge in [-0.25, -0.2) is 22.9 Å². The van der Waals surface area contributed by atoms with E-state index >= 15 is 0 Å². The van der Waals surface area contributed by atoms with Crippen molar-refractivity contribution in [1.29, 1.82) is 0 Å². The number of rotatable bonds is 7. The minimum atomic E-state index is -3.25. The maximum absolute atomic E-state index is 11.4. The van der Waals surface area contributed by atoms with Crippen molar-refractivity contribution >= 4 is 32.5 Å². The van der Waals surface area contributed by atoms with Gasteiger partial charge in [0.05, 0.1) is 18.6 Å². The topological polar surface area (TPSA) is 97.4 Å². The van der Waals surface area contributed by atoms with Crippen LogP contribution in [0.15, 0.2) is 0 Å². The summed E-state index contributed by atoms with van der Waals surface area (Å²) in [6.07, 6.45) is 0. The van der Waals surface area contributed by atoms with Crippen LogP contribution in [0.3, 0.4) is 0 Å². The average molecular weight is 307 g/mol. The highest BCUT2D eigenvalue weighted by Crippen LogP contribution is 2.22. The van der Waals surface area contributed by atoms with E-state index in [-0.39, 0.29) is 12.3 Å². The predicted molar refractivity (Wildman–Crippen MR) is 74.1 cm³/mol. The Morgan fingerprint density at radius 1 is 1.47 bits per heavy atom. The fourth-order valence-electron chi connectivity index (χ4n) is 1.34. The molecule has 1 aromatic heterocycles. The number of aryl methyl sites for hydroxylation is 1. The highest BCUT2D eigenvalue weighted by molar-refractivity contribution is 7.89. The molecular weight excluding hydrogens is 290 g/mol. The molecule has 7 nitrogen and oxygen atoms in total. The van der Waals surface area contributed by atoms with Crippen LogP contribution in [0.2, 0.25) is 0 Å². The summed E-state index contributed by atoms with van der Waals surface area (Å²) in [5.74, 6) is -0.490. The Labute approximate surface area is 116 Å². The van der Waals surface area contributed by atoms with E-state index in [1.807, 2.05) is 0 Å². The number of esters is 1. The van der Waals surface area contributed by atoms with E-state index in [4.69, 9.17) is 0 Å². The monoisotopic (exact) mass is 307 g/mol. The van der Waals surface area contributed by atoms with Gasteiger partial charge in [0.15, 0.2) is 5.13 Å². The zero-order valence-corrected chi connectivity index (χ0v) is 12.7. The SMILES string of the molecule is CCNS(=O)(=O)CCNc1nc(C)c(C(=O)OC)s1. The molecule has 0 atom stereocenters. The van der Waals surface area contributed by atoms with Crippen molar-refractivity contribution in [3.63, 3.8) is 0 Å². The average Bonchev–Trinajstić information content (AvgIpc) is 2.69. The summed E-state index contributed by atoms with van der Waals surface area (Å²) in [5, 5.41) is 3.38. The summed E-state index contributed by atoms with van der Waals surface area (Å²) in [7, 11) is -1.95. The third kappa shape index (κ3) is 4.77. The van der Waals surface area contributed by atoms with Crippen LogP contribution in [0, 0.1) is 6.92 Å². The minimum absolute atomic E-state index is 0.0486. The van der Waals surface area contributed by atoms with Crippen molar-refractivity contribution in [2.24, 2.45) is 0 Å². The zero-order chi connectivity index (χ0) is 14.5. The second kappa shape index (κ2) is 6.83. The van der Waals surface area contributed by atoms with E-state index in [9.17, 15) is 13.2 Å². The first kappa shape index (κ1) is 15.9. The molecule has 0 radical (unpaired) electrons. The lowest BCUT2D eigenvalue weighted by Gasteiger charge is -2.04. The van der Waals surface area contributed by atoms with Gasteiger partial charge in [-0.15, -0.1) is 0 Å². The summed E-state index contributed by atoms with van der Waals surface area (Å²) in [6.45, 7) is 4.01. The molecule has 0 aliphatic rings. The Morgan fingerprint density at radius 3 is 2.74 bits per heavy atom. The Hall–Kier alpha value is -1.19. The molecule has 1 rings (SSSR count). The molecule has 2 N–H and O–H groups in total. The molecule has 0 fully saturated rings. The van der Waals surface area contributed by atoms with Crippen LogP contribution in [0.4, 0.5) is 5.13 Å².